The van der Waals surface area contributed by atoms with Crippen molar-refractivity contribution in [2.24, 2.45) is 11.8 Å². The lowest BCUT2D eigenvalue weighted by Gasteiger charge is -2.22. The van der Waals surface area contributed by atoms with E-state index in [9.17, 15) is 4.79 Å². The van der Waals surface area contributed by atoms with E-state index in [1.54, 1.807) is 0 Å². The lowest BCUT2D eigenvalue weighted by molar-refractivity contribution is -0.121. The van der Waals surface area contributed by atoms with Gasteiger partial charge in [0.15, 0.2) is 0 Å². The second-order valence-electron chi connectivity index (χ2n) is 4.79. The van der Waals surface area contributed by atoms with Crippen molar-refractivity contribution in [1.29, 1.82) is 0 Å². The molecule has 0 aromatic carbocycles. The molecule has 2 unspecified atom stereocenters. The van der Waals surface area contributed by atoms with Gasteiger partial charge >= 0.3 is 0 Å². The van der Waals surface area contributed by atoms with Crippen LogP contribution in [0.5, 0.6) is 0 Å². The SMILES string of the molecule is CNCCC(=O)NCC1CCOC1C(C)C.Cl. The fourth-order valence-electron chi connectivity index (χ4n) is 2.18. The zero-order valence-corrected chi connectivity index (χ0v) is 11.8. The molecule has 1 amide bonds. The summed E-state index contributed by atoms with van der Waals surface area (Å²) in [7, 11) is 1.85. The molecule has 1 saturated heterocycles. The van der Waals surface area contributed by atoms with Crippen LogP contribution in [0.1, 0.15) is 26.7 Å². The van der Waals surface area contributed by atoms with Gasteiger partial charge in [-0.3, -0.25) is 4.79 Å². The number of rotatable bonds is 6. The molecule has 102 valence electrons. The van der Waals surface area contributed by atoms with Crippen LogP contribution in [-0.2, 0) is 9.53 Å². The molecule has 17 heavy (non-hydrogen) atoms. The third kappa shape index (κ3) is 5.70. The van der Waals surface area contributed by atoms with E-state index in [2.05, 4.69) is 24.5 Å². The van der Waals surface area contributed by atoms with Gasteiger partial charge in [-0.1, -0.05) is 13.8 Å². The molecular weight excluding hydrogens is 240 g/mol. The fourth-order valence-corrected chi connectivity index (χ4v) is 2.18. The number of nitrogens with one attached hydrogen (secondary N) is 2. The van der Waals surface area contributed by atoms with Crippen molar-refractivity contribution in [3.63, 3.8) is 0 Å². The zero-order valence-electron chi connectivity index (χ0n) is 11.0. The van der Waals surface area contributed by atoms with Gasteiger partial charge in [-0.15, -0.1) is 12.4 Å². The predicted molar refractivity (Wildman–Crippen MR) is 71.5 cm³/mol. The van der Waals surface area contributed by atoms with Crippen LogP contribution in [0.4, 0.5) is 0 Å². The molecular formula is C12H25ClN2O2. The van der Waals surface area contributed by atoms with Gasteiger partial charge in [-0.05, 0) is 19.4 Å². The molecule has 1 aliphatic rings. The molecule has 2 N–H and O–H groups in total. The van der Waals surface area contributed by atoms with E-state index in [1.165, 1.54) is 0 Å². The largest absolute Gasteiger partial charge is 0.378 e. The minimum Gasteiger partial charge on any atom is -0.378 e. The Bertz CT molecular complexity index is 225. The highest BCUT2D eigenvalue weighted by atomic mass is 35.5. The average Bonchev–Trinajstić information content (AvgIpc) is 2.71. The molecule has 1 aliphatic heterocycles. The molecule has 0 spiro atoms. The number of ether oxygens (including phenoxy) is 1. The molecule has 0 radical (unpaired) electrons. The lowest BCUT2D eigenvalue weighted by Crippen LogP contribution is -2.35. The molecule has 5 heteroatoms. The van der Waals surface area contributed by atoms with E-state index in [1.807, 2.05) is 7.05 Å². The van der Waals surface area contributed by atoms with E-state index < -0.39 is 0 Å². The first-order valence-corrected chi connectivity index (χ1v) is 6.18. The second kappa shape index (κ2) is 8.72. The first-order valence-electron chi connectivity index (χ1n) is 6.18. The molecule has 2 atom stereocenters. The Balaban J connectivity index is 0.00000256. The zero-order chi connectivity index (χ0) is 12.0. The Hall–Kier alpha value is -0.320. The third-order valence-electron chi connectivity index (χ3n) is 3.08. The quantitative estimate of drug-likeness (QED) is 0.758. The molecule has 1 fully saturated rings. The van der Waals surface area contributed by atoms with Crippen LogP contribution in [-0.4, -0.2) is 38.8 Å². The van der Waals surface area contributed by atoms with Crippen LogP contribution in [0.3, 0.4) is 0 Å². The summed E-state index contributed by atoms with van der Waals surface area (Å²) >= 11 is 0. The summed E-state index contributed by atoms with van der Waals surface area (Å²) in [5, 5.41) is 5.95. The average molecular weight is 265 g/mol. The summed E-state index contributed by atoms with van der Waals surface area (Å²) in [6.07, 6.45) is 1.93. The van der Waals surface area contributed by atoms with Gasteiger partial charge in [-0.25, -0.2) is 0 Å². The van der Waals surface area contributed by atoms with Crippen LogP contribution in [0.15, 0.2) is 0 Å². The Morgan fingerprint density at radius 3 is 2.76 bits per heavy atom. The number of carbonyl (C=O) groups excluding carboxylic acids is 1. The van der Waals surface area contributed by atoms with E-state index in [-0.39, 0.29) is 18.3 Å². The van der Waals surface area contributed by atoms with Crippen molar-refractivity contribution < 1.29 is 9.53 Å². The second-order valence-corrected chi connectivity index (χ2v) is 4.79. The Labute approximate surface area is 110 Å². The summed E-state index contributed by atoms with van der Waals surface area (Å²) in [5.74, 6) is 1.14. The van der Waals surface area contributed by atoms with Crippen LogP contribution in [0.25, 0.3) is 0 Å². The van der Waals surface area contributed by atoms with Crippen molar-refractivity contribution in [3.05, 3.63) is 0 Å². The van der Waals surface area contributed by atoms with E-state index >= 15 is 0 Å². The first kappa shape index (κ1) is 16.7. The maximum atomic E-state index is 11.4. The normalized spacial score (nSPS) is 23.5. The summed E-state index contributed by atoms with van der Waals surface area (Å²) in [4.78, 5) is 11.4. The van der Waals surface area contributed by atoms with E-state index in [0.29, 0.717) is 24.4 Å². The molecule has 0 aromatic heterocycles. The Morgan fingerprint density at radius 1 is 1.47 bits per heavy atom. The fraction of sp³-hybridized carbons (Fsp3) is 0.917. The summed E-state index contributed by atoms with van der Waals surface area (Å²) < 4.78 is 5.68. The minimum atomic E-state index is 0. The molecule has 0 aliphatic carbocycles. The van der Waals surface area contributed by atoms with Crippen molar-refractivity contribution in [2.45, 2.75) is 32.8 Å². The number of carbonyl (C=O) groups is 1. The van der Waals surface area contributed by atoms with Crippen LogP contribution in [0, 0.1) is 11.8 Å². The van der Waals surface area contributed by atoms with Gasteiger partial charge in [0.2, 0.25) is 5.91 Å². The predicted octanol–water partition coefficient (Wildman–Crippen LogP) is 1.19. The first-order chi connectivity index (χ1) is 7.65. The molecule has 0 saturated carbocycles. The van der Waals surface area contributed by atoms with Gasteiger partial charge in [-0.2, -0.15) is 0 Å². The lowest BCUT2D eigenvalue weighted by atomic mass is 9.93. The molecule has 1 rings (SSSR count). The minimum absolute atomic E-state index is 0. The summed E-state index contributed by atoms with van der Waals surface area (Å²) in [6.45, 7) is 6.67. The number of halogens is 1. The Morgan fingerprint density at radius 2 is 2.18 bits per heavy atom. The number of amides is 1. The summed E-state index contributed by atoms with van der Waals surface area (Å²) in [6, 6.07) is 0. The molecule has 4 nitrogen and oxygen atoms in total. The molecule has 0 aromatic rings. The highest BCUT2D eigenvalue weighted by molar-refractivity contribution is 5.85. The smallest absolute Gasteiger partial charge is 0.221 e. The Kier molecular flexibility index (Phi) is 8.56. The van der Waals surface area contributed by atoms with Gasteiger partial charge in [0.25, 0.3) is 0 Å². The highest BCUT2D eigenvalue weighted by Gasteiger charge is 2.30. The van der Waals surface area contributed by atoms with Gasteiger partial charge < -0.3 is 15.4 Å². The molecule has 0 bridgehead atoms. The van der Waals surface area contributed by atoms with Gasteiger partial charge in [0.05, 0.1) is 6.10 Å². The highest BCUT2D eigenvalue weighted by Crippen LogP contribution is 2.25. The van der Waals surface area contributed by atoms with E-state index in [0.717, 1.165) is 26.1 Å². The van der Waals surface area contributed by atoms with Crippen molar-refractivity contribution >= 4 is 18.3 Å². The van der Waals surface area contributed by atoms with Crippen molar-refractivity contribution in [3.8, 4) is 0 Å². The van der Waals surface area contributed by atoms with E-state index in [4.69, 9.17) is 4.74 Å². The number of hydrogen-bond donors (Lipinski definition) is 2. The van der Waals surface area contributed by atoms with Crippen molar-refractivity contribution in [1.82, 2.24) is 10.6 Å². The van der Waals surface area contributed by atoms with Gasteiger partial charge in [0.1, 0.15) is 0 Å². The maximum Gasteiger partial charge on any atom is 0.221 e. The van der Waals surface area contributed by atoms with Crippen LogP contribution < -0.4 is 10.6 Å². The monoisotopic (exact) mass is 264 g/mol. The molecule has 1 heterocycles. The topological polar surface area (TPSA) is 50.4 Å². The van der Waals surface area contributed by atoms with Crippen LogP contribution in [0.2, 0.25) is 0 Å². The maximum absolute atomic E-state index is 11.4. The van der Waals surface area contributed by atoms with Gasteiger partial charge in [0, 0.05) is 32.0 Å². The number of hydrogen-bond acceptors (Lipinski definition) is 3. The third-order valence-corrected chi connectivity index (χ3v) is 3.08. The summed E-state index contributed by atoms with van der Waals surface area (Å²) in [5.41, 5.74) is 0. The standard InChI is InChI=1S/C12H24N2O2.ClH/c1-9(2)12-10(5-7-16-12)8-14-11(15)4-6-13-3;/h9-10,12-13H,4-8H2,1-3H3,(H,14,15);1H. The van der Waals surface area contributed by atoms with Crippen molar-refractivity contribution in [2.75, 3.05) is 26.7 Å². The van der Waals surface area contributed by atoms with Crippen LogP contribution >= 0.6 is 12.4 Å².